The predicted molar refractivity (Wildman–Crippen MR) is 77.8 cm³/mol. The first kappa shape index (κ1) is 14.5. The molecule has 2 rings (SSSR count). The summed E-state index contributed by atoms with van der Waals surface area (Å²) in [5, 5.41) is 7.07. The number of benzene rings is 1. The van der Waals surface area contributed by atoms with Gasteiger partial charge in [0.05, 0.1) is 27.4 Å². The number of nitrogens with zero attached hydrogens (tertiary/aromatic N) is 2. The molecule has 0 atom stereocenters. The second-order valence-corrected chi connectivity index (χ2v) is 4.48. The van der Waals surface area contributed by atoms with Gasteiger partial charge in [-0.2, -0.15) is 5.10 Å². The van der Waals surface area contributed by atoms with Gasteiger partial charge in [-0.1, -0.05) is 0 Å². The van der Waals surface area contributed by atoms with Crippen LogP contribution in [0, 0.1) is 4.77 Å². The number of nitrogens with one attached hydrogen (secondary N) is 1. The highest BCUT2D eigenvalue weighted by Gasteiger charge is 2.11. The Morgan fingerprint density at radius 2 is 1.80 bits per heavy atom. The Morgan fingerprint density at radius 1 is 1.15 bits per heavy atom. The lowest BCUT2D eigenvalue weighted by Gasteiger charge is -2.09. The van der Waals surface area contributed by atoms with Crippen molar-refractivity contribution in [1.82, 2.24) is 14.8 Å². The smallest absolute Gasteiger partial charge is 0.195 e. The SMILES string of the molecule is COCCn1c(-c2cc(OC)cc(OC)c2)n[nH]c1=S. The van der Waals surface area contributed by atoms with Crippen molar-refractivity contribution in [3.63, 3.8) is 0 Å². The number of aromatic nitrogens is 3. The molecule has 0 amide bonds. The van der Waals surface area contributed by atoms with Gasteiger partial charge in [-0.25, -0.2) is 0 Å². The van der Waals surface area contributed by atoms with E-state index in [1.54, 1.807) is 21.3 Å². The average Bonchev–Trinajstić information content (AvgIpc) is 2.85. The second-order valence-electron chi connectivity index (χ2n) is 4.10. The van der Waals surface area contributed by atoms with E-state index in [4.69, 9.17) is 26.4 Å². The molecule has 1 heterocycles. The van der Waals surface area contributed by atoms with Crippen LogP contribution in [-0.4, -0.2) is 42.7 Å². The van der Waals surface area contributed by atoms with Crippen LogP contribution >= 0.6 is 12.2 Å². The van der Waals surface area contributed by atoms with Gasteiger partial charge in [-0.15, -0.1) is 0 Å². The van der Waals surface area contributed by atoms with Crippen LogP contribution in [0.4, 0.5) is 0 Å². The maximum atomic E-state index is 5.27. The zero-order valence-corrected chi connectivity index (χ0v) is 12.5. The van der Waals surface area contributed by atoms with E-state index in [1.807, 2.05) is 22.8 Å². The minimum Gasteiger partial charge on any atom is -0.497 e. The summed E-state index contributed by atoms with van der Waals surface area (Å²) in [6, 6.07) is 5.58. The zero-order chi connectivity index (χ0) is 14.5. The van der Waals surface area contributed by atoms with Crippen molar-refractivity contribution >= 4 is 12.2 Å². The molecule has 0 bridgehead atoms. The summed E-state index contributed by atoms with van der Waals surface area (Å²) in [6.45, 7) is 1.18. The van der Waals surface area contributed by atoms with Gasteiger partial charge in [-0.3, -0.25) is 9.67 Å². The number of hydrogen-bond acceptors (Lipinski definition) is 5. The molecule has 0 fully saturated rings. The molecule has 0 saturated heterocycles. The summed E-state index contributed by atoms with van der Waals surface area (Å²) in [5.41, 5.74) is 0.865. The summed E-state index contributed by atoms with van der Waals surface area (Å²) >= 11 is 5.24. The highest BCUT2D eigenvalue weighted by atomic mass is 32.1. The van der Waals surface area contributed by atoms with E-state index in [2.05, 4.69) is 10.2 Å². The van der Waals surface area contributed by atoms with Gasteiger partial charge in [0, 0.05) is 18.7 Å². The molecule has 108 valence electrons. The van der Waals surface area contributed by atoms with Gasteiger partial charge >= 0.3 is 0 Å². The van der Waals surface area contributed by atoms with Gasteiger partial charge in [0.25, 0.3) is 0 Å². The summed E-state index contributed by atoms with van der Waals surface area (Å²) in [4.78, 5) is 0. The van der Waals surface area contributed by atoms with Gasteiger partial charge in [0.2, 0.25) is 0 Å². The molecule has 1 aromatic heterocycles. The molecule has 2 aromatic rings. The highest BCUT2D eigenvalue weighted by Crippen LogP contribution is 2.28. The third-order valence-corrected chi connectivity index (χ3v) is 3.20. The number of H-pyrrole nitrogens is 1. The standard InChI is InChI=1S/C13H17N3O3S/c1-17-5-4-16-12(14-15-13(16)20)9-6-10(18-2)8-11(7-9)19-3/h6-8H,4-5H2,1-3H3,(H,15,20). The monoisotopic (exact) mass is 295 g/mol. The quantitative estimate of drug-likeness (QED) is 0.828. The molecule has 0 radical (unpaired) electrons. The van der Waals surface area contributed by atoms with E-state index < -0.39 is 0 Å². The van der Waals surface area contributed by atoms with Crippen LogP contribution in [-0.2, 0) is 11.3 Å². The predicted octanol–water partition coefficient (Wildman–Crippen LogP) is 2.27. The number of methoxy groups -OCH3 is 3. The van der Waals surface area contributed by atoms with Crippen LogP contribution in [0.2, 0.25) is 0 Å². The lowest BCUT2D eigenvalue weighted by molar-refractivity contribution is 0.187. The topological polar surface area (TPSA) is 61.3 Å². The van der Waals surface area contributed by atoms with E-state index in [9.17, 15) is 0 Å². The van der Waals surface area contributed by atoms with Crippen molar-refractivity contribution in [3.05, 3.63) is 23.0 Å². The minimum absolute atomic E-state index is 0.554. The summed E-state index contributed by atoms with van der Waals surface area (Å²) in [7, 11) is 4.87. The Kier molecular flexibility index (Phi) is 4.75. The number of aromatic amines is 1. The molecule has 0 aliphatic carbocycles. The number of ether oxygens (including phenoxy) is 3. The van der Waals surface area contributed by atoms with Gasteiger partial charge in [0.15, 0.2) is 10.6 Å². The van der Waals surface area contributed by atoms with Gasteiger partial charge < -0.3 is 14.2 Å². The van der Waals surface area contributed by atoms with Crippen LogP contribution in [0.25, 0.3) is 11.4 Å². The van der Waals surface area contributed by atoms with E-state index in [-0.39, 0.29) is 0 Å². The Hall–Kier alpha value is -1.86. The van der Waals surface area contributed by atoms with Gasteiger partial charge in [0.1, 0.15) is 11.5 Å². The molecule has 20 heavy (non-hydrogen) atoms. The average molecular weight is 295 g/mol. The molecule has 0 spiro atoms. The van der Waals surface area contributed by atoms with Crippen molar-refractivity contribution < 1.29 is 14.2 Å². The molecule has 1 N–H and O–H groups in total. The molecule has 6 nitrogen and oxygen atoms in total. The van der Waals surface area contributed by atoms with E-state index in [0.29, 0.717) is 29.4 Å². The first-order valence-corrected chi connectivity index (χ1v) is 6.48. The van der Waals surface area contributed by atoms with E-state index in [0.717, 1.165) is 11.4 Å². The fraction of sp³-hybridized carbons (Fsp3) is 0.385. The Labute approximate surface area is 122 Å². The molecule has 1 aromatic carbocycles. The molecule has 0 aliphatic heterocycles. The lowest BCUT2D eigenvalue weighted by atomic mass is 10.2. The third-order valence-electron chi connectivity index (χ3n) is 2.89. The van der Waals surface area contributed by atoms with Crippen molar-refractivity contribution in [3.8, 4) is 22.9 Å². The Morgan fingerprint density at radius 3 is 2.35 bits per heavy atom. The van der Waals surface area contributed by atoms with Gasteiger partial charge in [-0.05, 0) is 24.4 Å². The molecule has 7 heteroatoms. The van der Waals surface area contributed by atoms with Crippen LogP contribution < -0.4 is 9.47 Å². The first-order valence-electron chi connectivity index (χ1n) is 6.07. The van der Waals surface area contributed by atoms with Crippen LogP contribution in [0.1, 0.15) is 0 Å². The molecular formula is C13H17N3O3S. The number of hydrogen-bond donors (Lipinski definition) is 1. The fourth-order valence-corrected chi connectivity index (χ4v) is 2.09. The molecular weight excluding hydrogens is 278 g/mol. The van der Waals surface area contributed by atoms with Crippen molar-refractivity contribution in [1.29, 1.82) is 0 Å². The Balaban J connectivity index is 2.48. The van der Waals surface area contributed by atoms with Crippen LogP contribution in [0.3, 0.4) is 0 Å². The number of rotatable bonds is 6. The molecule has 0 unspecified atom stereocenters. The first-order chi connectivity index (χ1) is 9.69. The summed E-state index contributed by atoms with van der Waals surface area (Å²) in [6.07, 6.45) is 0. The van der Waals surface area contributed by atoms with Crippen molar-refractivity contribution in [2.75, 3.05) is 27.9 Å². The van der Waals surface area contributed by atoms with E-state index in [1.165, 1.54) is 0 Å². The zero-order valence-electron chi connectivity index (χ0n) is 11.7. The van der Waals surface area contributed by atoms with Crippen LogP contribution in [0.15, 0.2) is 18.2 Å². The van der Waals surface area contributed by atoms with Crippen molar-refractivity contribution in [2.45, 2.75) is 6.54 Å². The summed E-state index contributed by atoms with van der Waals surface area (Å²) in [5.74, 6) is 2.13. The fourth-order valence-electron chi connectivity index (χ4n) is 1.86. The molecule has 0 aliphatic rings. The maximum Gasteiger partial charge on any atom is 0.195 e. The van der Waals surface area contributed by atoms with Crippen LogP contribution in [0.5, 0.6) is 11.5 Å². The molecule has 0 saturated carbocycles. The van der Waals surface area contributed by atoms with Crippen molar-refractivity contribution in [2.24, 2.45) is 0 Å². The second kappa shape index (κ2) is 6.53. The largest absolute Gasteiger partial charge is 0.497 e. The minimum atomic E-state index is 0.554. The normalized spacial score (nSPS) is 10.6. The Bertz CT molecular complexity index is 614. The van der Waals surface area contributed by atoms with E-state index >= 15 is 0 Å². The highest BCUT2D eigenvalue weighted by molar-refractivity contribution is 7.71. The maximum absolute atomic E-state index is 5.27. The lowest BCUT2D eigenvalue weighted by Crippen LogP contribution is -2.06. The third kappa shape index (κ3) is 3.00. The summed E-state index contributed by atoms with van der Waals surface area (Å²) < 4.78 is 18.1.